The number of aryl methyl sites for hydroxylation is 1. The summed E-state index contributed by atoms with van der Waals surface area (Å²) in [6.07, 6.45) is 1.23. The van der Waals surface area contributed by atoms with E-state index in [1.54, 1.807) is 11.9 Å². The van der Waals surface area contributed by atoms with Crippen LogP contribution in [-0.4, -0.2) is 44.0 Å². The van der Waals surface area contributed by atoms with Gasteiger partial charge in [-0.1, -0.05) is 0 Å². The molecule has 0 unspecified atom stereocenters. The van der Waals surface area contributed by atoms with Crippen LogP contribution in [0.2, 0.25) is 0 Å². The monoisotopic (exact) mass is 295 g/mol. The molecule has 21 heavy (non-hydrogen) atoms. The van der Waals surface area contributed by atoms with Crippen LogP contribution in [0.1, 0.15) is 55.8 Å². The summed E-state index contributed by atoms with van der Waals surface area (Å²) in [7, 11) is 1.58. The van der Waals surface area contributed by atoms with E-state index in [0.29, 0.717) is 12.2 Å². The third-order valence-corrected chi connectivity index (χ3v) is 3.34. The van der Waals surface area contributed by atoms with E-state index in [1.165, 1.54) is 10.7 Å². The van der Waals surface area contributed by atoms with Gasteiger partial charge in [0.2, 0.25) is 0 Å². The Kier molecular flexibility index (Phi) is 3.93. The molecule has 1 aliphatic heterocycles. The Balaban J connectivity index is 2.21. The molecule has 0 spiro atoms. The van der Waals surface area contributed by atoms with Crippen molar-refractivity contribution in [2.45, 2.75) is 45.3 Å². The van der Waals surface area contributed by atoms with Crippen molar-refractivity contribution < 1.29 is 19.4 Å². The molecule has 1 aromatic rings. The Bertz CT molecular complexity index is 559. The van der Waals surface area contributed by atoms with Crippen LogP contribution < -0.4 is 0 Å². The maximum absolute atomic E-state index is 12.2. The van der Waals surface area contributed by atoms with Gasteiger partial charge in [0.15, 0.2) is 0 Å². The van der Waals surface area contributed by atoms with Crippen molar-refractivity contribution in [2.75, 3.05) is 6.54 Å². The number of nitrogens with zero attached hydrogens (tertiary/aromatic N) is 3. The molecule has 7 nitrogen and oxygen atoms in total. The van der Waals surface area contributed by atoms with Gasteiger partial charge in [0.25, 0.3) is 0 Å². The molecule has 1 fully saturated rings. The topological polar surface area (TPSA) is 84.7 Å². The molecule has 2 rings (SSSR count). The first-order chi connectivity index (χ1) is 9.69. The van der Waals surface area contributed by atoms with Gasteiger partial charge in [-0.15, -0.1) is 0 Å². The summed E-state index contributed by atoms with van der Waals surface area (Å²) in [5, 5.41) is 13.3. The number of carboxylic acid groups (broad SMARTS) is 1. The predicted octanol–water partition coefficient (Wildman–Crippen LogP) is 2.19. The normalized spacial score (nSPS) is 18.9. The predicted molar refractivity (Wildman–Crippen MR) is 75.1 cm³/mol. The zero-order valence-electron chi connectivity index (χ0n) is 12.8. The standard InChI is InChI=1S/C14H21N3O4/c1-14(2,3)21-13(20)17-7-5-6-10(17)9-8-11(12(18)19)16(4)15-9/h8,10H,5-7H2,1-4H3,(H,18,19)/t10-/m0/s1. The van der Waals surface area contributed by atoms with Gasteiger partial charge in [0, 0.05) is 13.6 Å². The Morgan fingerprint density at radius 2 is 2.10 bits per heavy atom. The summed E-state index contributed by atoms with van der Waals surface area (Å²) >= 11 is 0. The molecule has 1 amide bonds. The quantitative estimate of drug-likeness (QED) is 0.904. The number of rotatable bonds is 2. The van der Waals surface area contributed by atoms with Crippen LogP contribution in [0, 0.1) is 0 Å². The van der Waals surface area contributed by atoms with E-state index in [0.717, 1.165) is 12.8 Å². The Morgan fingerprint density at radius 3 is 2.62 bits per heavy atom. The molecule has 7 heteroatoms. The van der Waals surface area contributed by atoms with Gasteiger partial charge in [-0.2, -0.15) is 5.10 Å². The summed E-state index contributed by atoms with van der Waals surface area (Å²) in [6.45, 7) is 6.05. The molecule has 116 valence electrons. The Hall–Kier alpha value is -2.05. The third kappa shape index (κ3) is 3.34. The number of aromatic carboxylic acids is 1. The minimum atomic E-state index is -1.03. The number of likely N-dealkylation sites (tertiary alicyclic amines) is 1. The van der Waals surface area contributed by atoms with Crippen LogP contribution in [0.3, 0.4) is 0 Å². The van der Waals surface area contributed by atoms with Crippen LogP contribution in [0.25, 0.3) is 0 Å². The van der Waals surface area contributed by atoms with E-state index in [9.17, 15) is 9.59 Å². The van der Waals surface area contributed by atoms with Crippen LogP contribution in [0.4, 0.5) is 4.79 Å². The average Bonchev–Trinajstić information content (AvgIpc) is 2.91. The highest BCUT2D eigenvalue weighted by Gasteiger charge is 2.35. The van der Waals surface area contributed by atoms with Gasteiger partial charge >= 0.3 is 12.1 Å². The molecule has 1 aliphatic rings. The van der Waals surface area contributed by atoms with Crippen molar-refractivity contribution >= 4 is 12.1 Å². The minimum absolute atomic E-state index is 0.112. The van der Waals surface area contributed by atoms with E-state index >= 15 is 0 Å². The molecule has 2 heterocycles. The molecule has 1 aromatic heterocycles. The van der Waals surface area contributed by atoms with Crippen molar-refractivity contribution in [2.24, 2.45) is 7.05 Å². The molecule has 0 saturated carbocycles. The fourth-order valence-electron chi connectivity index (χ4n) is 2.47. The van der Waals surface area contributed by atoms with Gasteiger partial charge in [-0.3, -0.25) is 9.58 Å². The lowest BCUT2D eigenvalue weighted by Gasteiger charge is -2.27. The number of aromatic nitrogens is 2. The maximum atomic E-state index is 12.2. The summed E-state index contributed by atoms with van der Waals surface area (Å²) < 4.78 is 6.72. The van der Waals surface area contributed by atoms with Gasteiger partial charge < -0.3 is 9.84 Å². The van der Waals surface area contributed by atoms with Crippen molar-refractivity contribution in [3.8, 4) is 0 Å². The number of hydrogen-bond acceptors (Lipinski definition) is 4. The number of carboxylic acids is 1. The Labute approximate surface area is 123 Å². The Morgan fingerprint density at radius 1 is 1.43 bits per heavy atom. The second kappa shape index (κ2) is 5.38. The number of carbonyl (C=O) groups excluding carboxylic acids is 1. The van der Waals surface area contributed by atoms with Crippen LogP contribution in [0.15, 0.2) is 6.07 Å². The first kappa shape index (κ1) is 15.3. The number of amides is 1. The van der Waals surface area contributed by atoms with Crippen molar-refractivity contribution in [1.29, 1.82) is 0 Å². The molecule has 0 bridgehead atoms. The van der Waals surface area contributed by atoms with E-state index < -0.39 is 11.6 Å². The third-order valence-electron chi connectivity index (χ3n) is 3.34. The van der Waals surface area contributed by atoms with Crippen LogP contribution in [0.5, 0.6) is 0 Å². The molecule has 1 saturated heterocycles. The number of ether oxygens (including phenoxy) is 1. The smallest absolute Gasteiger partial charge is 0.410 e. The second-order valence-electron chi connectivity index (χ2n) is 6.21. The molecule has 0 aliphatic carbocycles. The van der Waals surface area contributed by atoms with E-state index in [4.69, 9.17) is 9.84 Å². The highest BCUT2D eigenvalue weighted by molar-refractivity contribution is 5.85. The lowest BCUT2D eigenvalue weighted by molar-refractivity contribution is 0.0221. The molecule has 0 aromatic carbocycles. The maximum Gasteiger partial charge on any atom is 0.410 e. The highest BCUT2D eigenvalue weighted by atomic mass is 16.6. The molecule has 1 N–H and O–H groups in total. The van der Waals surface area contributed by atoms with Crippen molar-refractivity contribution in [3.63, 3.8) is 0 Å². The summed E-state index contributed by atoms with van der Waals surface area (Å²) in [5.74, 6) is -1.03. The second-order valence-corrected chi connectivity index (χ2v) is 6.21. The van der Waals surface area contributed by atoms with Gasteiger partial charge in [0.05, 0.1) is 11.7 Å². The highest BCUT2D eigenvalue weighted by Crippen LogP contribution is 2.32. The summed E-state index contributed by atoms with van der Waals surface area (Å²) in [6, 6.07) is 1.30. The molecule has 0 radical (unpaired) electrons. The molecular weight excluding hydrogens is 274 g/mol. The van der Waals surface area contributed by atoms with Gasteiger partial charge in [0.1, 0.15) is 11.3 Å². The summed E-state index contributed by atoms with van der Waals surface area (Å²) in [4.78, 5) is 24.9. The van der Waals surface area contributed by atoms with Gasteiger partial charge in [-0.05, 0) is 39.7 Å². The van der Waals surface area contributed by atoms with Crippen LogP contribution >= 0.6 is 0 Å². The first-order valence-electron chi connectivity index (χ1n) is 6.96. The SMILES string of the molecule is Cn1nc([C@@H]2CCCN2C(=O)OC(C)(C)C)cc1C(=O)O. The van der Waals surface area contributed by atoms with Crippen molar-refractivity contribution in [1.82, 2.24) is 14.7 Å². The fourth-order valence-corrected chi connectivity index (χ4v) is 2.47. The minimum Gasteiger partial charge on any atom is -0.477 e. The zero-order valence-corrected chi connectivity index (χ0v) is 12.8. The molecular formula is C14H21N3O4. The van der Waals surface area contributed by atoms with Gasteiger partial charge in [-0.25, -0.2) is 9.59 Å². The fraction of sp³-hybridized carbons (Fsp3) is 0.643. The largest absolute Gasteiger partial charge is 0.477 e. The first-order valence-corrected chi connectivity index (χ1v) is 6.96. The van der Waals surface area contributed by atoms with E-state index in [1.807, 2.05) is 20.8 Å². The lowest BCUT2D eigenvalue weighted by Crippen LogP contribution is -2.36. The summed E-state index contributed by atoms with van der Waals surface area (Å²) in [5.41, 5.74) is 0.153. The van der Waals surface area contributed by atoms with Crippen LogP contribution in [-0.2, 0) is 11.8 Å². The lowest BCUT2D eigenvalue weighted by atomic mass is 10.1. The molecule has 1 atom stereocenters. The van der Waals surface area contributed by atoms with E-state index in [2.05, 4.69) is 5.10 Å². The number of hydrogen-bond donors (Lipinski definition) is 1. The van der Waals surface area contributed by atoms with Crippen molar-refractivity contribution in [3.05, 3.63) is 17.5 Å². The number of carbonyl (C=O) groups is 2. The zero-order chi connectivity index (χ0) is 15.8. The average molecular weight is 295 g/mol. The van der Waals surface area contributed by atoms with E-state index in [-0.39, 0.29) is 17.8 Å².